The van der Waals surface area contributed by atoms with Crippen LogP contribution in [-0.2, 0) is 10.8 Å². The van der Waals surface area contributed by atoms with E-state index in [0.29, 0.717) is 0 Å². The van der Waals surface area contributed by atoms with Crippen molar-refractivity contribution in [3.8, 4) is 33.8 Å². The number of rotatable bonds is 3. The van der Waals surface area contributed by atoms with E-state index in [0.717, 1.165) is 11.5 Å². The van der Waals surface area contributed by atoms with Gasteiger partial charge in [0.25, 0.3) is 0 Å². The summed E-state index contributed by atoms with van der Waals surface area (Å²) in [6.07, 6.45) is 0. The Balaban J connectivity index is 1.27. The lowest BCUT2D eigenvalue weighted by Crippen LogP contribution is -2.54. The predicted molar refractivity (Wildman–Crippen MR) is 199 cm³/mol. The summed E-state index contributed by atoms with van der Waals surface area (Å²) in [6, 6.07) is 60.5. The molecule has 7 aromatic carbocycles. The van der Waals surface area contributed by atoms with Gasteiger partial charge in [0, 0.05) is 16.5 Å². The minimum Gasteiger partial charge on any atom is -0.457 e. The largest absolute Gasteiger partial charge is 0.457 e. The molecule has 0 fully saturated rings. The Kier molecular flexibility index (Phi) is 5.71. The second-order valence-corrected chi connectivity index (χ2v) is 14.0. The molecule has 0 saturated carbocycles. The zero-order valence-electron chi connectivity index (χ0n) is 27.1. The Morgan fingerprint density at radius 2 is 0.958 bits per heavy atom. The van der Waals surface area contributed by atoms with Crippen molar-refractivity contribution in [2.75, 3.05) is 0 Å². The number of ether oxygens (including phenoxy) is 1. The molecule has 1 aliphatic heterocycles. The third-order valence-electron chi connectivity index (χ3n) is 11.3. The molecule has 10 rings (SSSR count). The molecule has 226 valence electrons. The lowest BCUT2D eigenvalue weighted by Gasteiger charge is -2.40. The quantitative estimate of drug-likeness (QED) is 0.181. The maximum absolute atomic E-state index is 6.79. The molecule has 3 aliphatic rings. The lowest BCUT2D eigenvalue weighted by atomic mass is 9.35. The molecule has 0 atom stereocenters. The Morgan fingerprint density at radius 1 is 0.417 bits per heavy atom. The second kappa shape index (κ2) is 9.95. The van der Waals surface area contributed by atoms with Gasteiger partial charge in [-0.25, -0.2) is 0 Å². The van der Waals surface area contributed by atoms with Gasteiger partial charge in [0.2, 0.25) is 6.71 Å². The zero-order valence-corrected chi connectivity index (χ0v) is 27.1. The highest BCUT2D eigenvalue weighted by Crippen LogP contribution is 2.61. The van der Waals surface area contributed by atoms with Gasteiger partial charge in [-0.15, -0.1) is 0 Å². The molecule has 48 heavy (non-hydrogen) atoms. The lowest BCUT2D eigenvalue weighted by molar-refractivity contribution is 0.436. The summed E-state index contributed by atoms with van der Waals surface area (Å²) < 4.78 is 6.79. The molecule has 0 saturated heterocycles. The van der Waals surface area contributed by atoms with Gasteiger partial charge < -0.3 is 4.74 Å². The molecule has 2 heteroatoms. The smallest absolute Gasteiger partial charge is 0.241 e. The van der Waals surface area contributed by atoms with Crippen molar-refractivity contribution in [3.05, 3.63) is 197 Å². The minimum atomic E-state index is -0.497. The topological polar surface area (TPSA) is 9.23 Å². The van der Waals surface area contributed by atoms with E-state index >= 15 is 0 Å². The van der Waals surface area contributed by atoms with Crippen molar-refractivity contribution in [1.29, 1.82) is 0 Å². The van der Waals surface area contributed by atoms with Crippen molar-refractivity contribution in [2.45, 2.75) is 24.7 Å². The van der Waals surface area contributed by atoms with E-state index in [4.69, 9.17) is 4.74 Å². The van der Waals surface area contributed by atoms with Crippen LogP contribution in [0.5, 0.6) is 11.5 Å². The molecule has 0 radical (unpaired) electrons. The Hall–Kier alpha value is -5.60. The molecule has 1 heterocycles. The highest BCUT2D eigenvalue weighted by atomic mass is 16.5. The summed E-state index contributed by atoms with van der Waals surface area (Å²) in [5, 5.41) is 0. The van der Waals surface area contributed by atoms with Gasteiger partial charge >= 0.3 is 0 Å². The van der Waals surface area contributed by atoms with Gasteiger partial charge in [-0.1, -0.05) is 182 Å². The standard InChI is InChI=1S/C46H33BO/c1-45(2)36-21-9-6-19-34(36)35-20-14-25-41(44(35)45)47(30-15-4-3-5-16-30)31-27-28-43-40(29-31)46(39-24-12-13-26-42(39)48-43)37-22-10-7-17-32(37)33-18-8-11-23-38(33)46/h3-29H,1-2H3. The third-order valence-corrected chi connectivity index (χ3v) is 11.3. The third kappa shape index (κ3) is 3.53. The van der Waals surface area contributed by atoms with Crippen LogP contribution in [0.15, 0.2) is 164 Å². The average molecular weight is 613 g/mol. The first-order valence-corrected chi connectivity index (χ1v) is 17.0. The van der Waals surface area contributed by atoms with Crippen molar-refractivity contribution in [3.63, 3.8) is 0 Å². The monoisotopic (exact) mass is 612 g/mol. The Morgan fingerprint density at radius 3 is 1.67 bits per heavy atom. The molecule has 2 aliphatic carbocycles. The summed E-state index contributed by atoms with van der Waals surface area (Å²) in [5.41, 5.74) is 16.4. The number of hydrogen-bond donors (Lipinski definition) is 0. The molecular weight excluding hydrogens is 579 g/mol. The maximum atomic E-state index is 6.79. The van der Waals surface area contributed by atoms with E-state index in [9.17, 15) is 0 Å². The van der Waals surface area contributed by atoms with E-state index in [1.807, 2.05) is 0 Å². The Labute approximate surface area is 282 Å². The Bertz CT molecular complexity index is 2370. The first kappa shape index (κ1) is 27.5. The minimum absolute atomic E-state index is 0.0288. The summed E-state index contributed by atoms with van der Waals surface area (Å²) in [4.78, 5) is 0. The summed E-state index contributed by atoms with van der Waals surface area (Å²) >= 11 is 0. The highest BCUT2D eigenvalue weighted by molar-refractivity contribution is 6.96. The van der Waals surface area contributed by atoms with Crippen LogP contribution in [0.1, 0.15) is 47.2 Å². The van der Waals surface area contributed by atoms with Crippen LogP contribution in [0.4, 0.5) is 0 Å². The molecule has 0 amide bonds. The molecule has 1 spiro atoms. The summed E-state index contributed by atoms with van der Waals surface area (Å²) in [6.45, 7) is 4.81. The molecule has 1 nitrogen and oxygen atoms in total. The van der Waals surface area contributed by atoms with Crippen molar-refractivity contribution in [1.82, 2.24) is 0 Å². The molecule has 0 bridgehead atoms. The van der Waals surface area contributed by atoms with Gasteiger partial charge in [0.15, 0.2) is 0 Å². The fourth-order valence-electron chi connectivity index (χ4n) is 9.38. The van der Waals surface area contributed by atoms with Gasteiger partial charge in [-0.3, -0.25) is 0 Å². The van der Waals surface area contributed by atoms with Crippen LogP contribution in [-0.4, -0.2) is 6.71 Å². The van der Waals surface area contributed by atoms with Crippen LogP contribution >= 0.6 is 0 Å². The van der Waals surface area contributed by atoms with Gasteiger partial charge in [-0.05, 0) is 56.6 Å². The van der Waals surface area contributed by atoms with E-state index in [1.54, 1.807) is 0 Å². The number of fused-ring (bicyclic) bond motifs is 12. The maximum Gasteiger partial charge on any atom is 0.241 e. The molecule has 7 aromatic rings. The first-order chi connectivity index (χ1) is 23.6. The number of hydrogen-bond acceptors (Lipinski definition) is 1. The molecule has 0 unspecified atom stereocenters. The summed E-state index contributed by atoms with van der Waals surface area (Å²) in [5.74, 6) is 1.84. The molecular formula is C46H33BO. The van der Waals surface area contributed by atoms with Gasteiger partial charge in [-0.2, -0.15) is 0 Å². The van der Waals surface area contributed by atoms with Gasteiger partial charge in [0.05, 0.1) is 5.41 Å². The zero-order chi connectivity index (χ0) is 32.0. The van der Waals surface area contributed by atoms with Crippen LogP contribution in [0, 0.1) is 0 Å². The summed E-state index contributed by atoms with van der Waals surface area (Å²) in [7, 11) is 0. The van der Waals surface area contributed by atoms with E-state index in [1.165, 1.54) is 72.0 Å². The highest BCUT2D eigenvalue weighted by Gasteiger charge is 2.51. The predicted octanol–water partition coefficient (Wildman–Crippen LogP) is 8.98. The van der Waals surface area contributed by atoms with Crippen LogP contribution < -0.4 is 21.1 Å². The van der Waals surface area contributed by atoms with Crippen LogP contribution in [0.3, 0.4) is 0 Å². The molecule has 0 N–H and O–H groups in total. The van der Waals surface area contributed by atoms with E-state index in [2.05, 4.69) is 178 Å². The van der Waals surface area contributed by atoms with Crippen molar-refractivity contribution in [2.24, 2.45) is 0 Å². The van der Waals surface area contributed by atoms with E-state index in [-0.39, 0.29) is 12.1 Å². The molecule has 0 aromatic heterocycles. The van der Waals surface area contributed by atoms with Crippen molar-refractivity contribution >= 4 is 23.1 Å². The fraction of sp³-hybridized carbons (Fsp3) is 0.0870. The fourth-order valence-corrected chi connectivity index (χ4v) is 9.38. The average Bonchev–Trinajstić information content (AvgIpc) is 3.56. The SMILES string of the molecule is CC1(C)c2ccccc2-c2cccc(B(c3ccccc3)c3ccc4c(c3)C3(c5ccccc5O4)c4ccccc4-c4ccccc43)c21. The van der Waals surface area contributed by atoms with Crippen LogP contribution in [0.2, 0.25) is 0 Å². The van der Waals surface area contributed by atoms with Gasteiger partial charge in [0.1, 0.15) is 11.5 Å². The number of benzene rings is 7. The van der Waals surface area contributed by atoms with Crippen LogP contribution in [0.25, 0.3) is 22.3 Å². The first-order valence-electron chi connectivity index (χ1n) is 17.0. The van der Waals surface area contributed by atoms with Crippen molar-refractivity contribution < 1.29 is 4.74 Å². The second-order valence-electron chi connectivity index (χ2n) is 14.0. The number of para-hydroxylation sites is 1. The normalized spacial score (nSPS) is 15.0. The van der Waals surface area contributed by atoms with E-state index < -0.39 is 5.41 Å².